The molecule has 0 saturated carbocycles. The zero-order chi connectivity index (χ0) is 44.1. The summed E-state index contributed by atoms with van der Waals surface area (Å²) in [5.74, 6) is -7.82. The van der Waals surface area contributed by atoms with Crippen LogP contribution in [0.2, 0.25) is 0 Å². The fourth-order valence-corrected chi connectivity index (χ4v) is 8.49. The molecule has 2 fully saturated rings. The molecular formula is C44H48F6N4O6. The van der Waals surface area contributed by atoms with Crippen molar-refractivity contribution < 1.29 is 55.0 Å². The van der Waals surface area contributed by atoms with Gasteiger partial charge in [-0.15, -0.1) is 0 Å². The Balaban J connectivity index is 1.30. The number of fused-ring (bicyclic) bond motifs is 2. The Bertz CT molecular complexity index is 2130. The van der Waals surface area contributed by atoms with Gasteiger partial charge in [-0.1, -0.05) is 113 Å². The van der Waals surface area contributed by atoms with Crippen molar-refractivity contribution in [2.45, 2.75) is 65.3 Å². The summed E-state index contributed by atoms with van der Waals surface area (Å²) in [5, 5.41) is 9.23. The van der Waals surface area contributed by atoms with E-state index < -0.39 is 70.2 Å². The lowest BCUT2D eigenvalue weighted by Crippen LogP contribution is -2.51. The first kappa shape index (κ1) is 44.3. The molecule has 4 aromatic carbocycles. The summed E-state index contributed by atoms with van der Waals surface area (Å²) in [5.41, 5.74) is -4.27. The van der Waals surface area contributed by atoms with Crippen molar-refractivity contribution in [2.24, 2.45) is 22.7 Å². The molecule has 6 rings (SSSR count). The number of likely N-dealkylation sites (tertiary alicyclic amines) is 2. The van der Waals surface area contributed by atoms with E-state index in [9.17, 15) is 45.5 Å². The van der Waals surface area contributed by atoms with Crippen LogP contribution in [0.15, 0.2) is 84.9 Å². The predicted octanol–water partition coefficient (Wildman–Crippen LogP) is 7.40. The van der Waals surface area contributed by atoms with Gasteiger partial charge in [0.15, 0.2) is 11.4 Å². The quantitative estimate of drug-likeness (QED) is 0.0735. The second-order valence-electron chi connectivity index (χ2n) is 17.4. The topological polar surface area (TPSA) is 117 Å². The van der Waals surface area contributed by atoms with Crippen molar-refractivity contribution in [2.75, 3.05) is 39.3 Å². The van der Waals surface area contributed by atoms with Crippen LogP contribution in [-0.4, -0.2) is 85.2 Å². The molecule has 2 heterocycles. The highest BCUT2D eigenvalue weighted by molar-refractivity contribution is 6.30. The van der Waals surface area contributed by atoms with Crippen molar-refractivity contribution in [3.63, 3.8) is 0 Å². The first-order valence-electron chi connectivity index (χ1n) is 19.5. The normalized spacial score (nSPS) is 21.1. The largest absolute Gasteiger partial charge is 0.471 e. The van der Waals surface area contributed by atoms with Crippen LogP contribution in [0.4, 0.5) is 26.3 Å². The molecule has 0 radical (unpaired) electrons. The molecule has 2 aliphatic rings. The fourth-order valence-electron chi connectivity index (χ4n) is 8.49. The van der Waals surface area contributed by atoms with Gasteiger partial charge in [0, 0.05) is 50.4 Å². The second kappa shape index (κ2) is 16.0. The number of nitrogens with zero attached hydrogens (tertiary/aromatic N) is 2. The molecule has 322 valence electrons. The van der Waals surface area contributed by atoms with E-state index in [1.54, 1.807) is 76.2 Å². The molecular weight excluding hydrogens is 794 g/mol. The number of amides is 2. The highest BCUT2D eigenvalue weighted by atomic mass is 19.4. The summed E-state index contributed by atoms with van der Waals surface area (Å²) in [4.78, 5) is 54.1. The molecule has 0 aromatic heterocycles. The van der Waals surface area contributed by atoms with E-state index in [0.717, 1.165) is 20.6 Å². The first-order chi connectivity index (χ1) is 27.8. The van der Waals surface area contributed by atoms with Gasteiger partial charge in [0.1, 0.15) is 0 Å². The zero-order valence-corrected chi connectivity index (χ0v) is 34.1. The van der Waals surface area contributed by atoms with Gasteiger partial charge >= 0.3 is 36.1 Å². The van der Waals surface area contributed by atoms with Gasteiger partial charge < -0.3 is 19.3 Å². The molecule has 2 unspecified atom stereocenters. The van der Waals surface area contributed by atoms with Gasteiger partial charge in [0.2, 0.25) is 0 Å². The molecule has 2 amide bonds. The molecule has 4 atom stereocenters. The van der Waals surface area contributed by atoms with Crippen LogP contribution >= 0.6 is 0 Å². The SMILES string of the molecule is CC1(C)CN(C(=O)C(F)(F)F)CC1CN[C@](C)(OC(=O)C(=O)O[C@@](C)(NCC1CN(C(=O)C(F)(F)F)CC1(C)C)c1cccc2ccccc12)c1cccc2ccccc12. The average molecular weight is 843 g/mol. The van der Waals surface area contributed by atoms with Gasteiger partial charge in [-0.05, 0) is 58.1 Å². The van der Waals surface area contributed by atoms with Crippen molar-refractivity contribution in [3.05, 3.63) is 96.1 Å². The molecule has 16 heteroatoms. The van der Waals surface area contributed by atoms with Crippen LogP contribution in [-0.2, 0) is 40.1 Å². The number of halogens is 6. The van der Waals surface area contributed by atoms with Crippen LogP contribution in [0, 0.1) is 22.7 Å². The third-order valence-corrected chi connectivity index (χ3v) is 12.1. The molecule has 2 N–H and O–H groups in total. The monoisotopic (exact) mass is 842 g/mol. The molecule has 0 spiro atoms. The van der Waals surface area contributed by atoms with Crippen molar-refractivity contribution >= 4 is 45.3 Å². The van der Waals surface area contributed by atoms with E-state index in [2.05, 4.69) is 10.6 Å². The summed E-state index contributed by atoms with van der Waals surface area (Å²) < 4.78 is 92.6. The third kappa shape index (κ3) is 9.09. The highest BCUT2D eigenvalue weighted by Gasteiger charge is 2.52. The number of carbonyl (C=O) groups is 4. The minimum atomic E-state index is -5.05. The van der Waals surface area contributed by atoms with Crippen LogP contribution in [0.25, 0.3) is 21.5 Å². The lowest BCUT2D eigenvalue weighted by molar-refractivity contribution is -0.190. The van der Waals surface area contributed by atoms with Gasteiger partial charge in [-0.2, -0.15) is 26.3 Å². The second-order valence-corrected chi connectivity index (χ2v) is 17.4. The van der Waals surface area contributed by atoms with Gasteiger partial charge in [0.05, 0.1) is 0 Å². The van der Waals surface area contributed by atoms with Gasteiger partial charge in [-0.3, -0.25) is 20.2 Å². The number of carbonyl (C=O) groups excluding carboxylic acids is 4. The Hall–Kier alpha value is -5.22. The van der Waals surface area contributed by atoms with Crippen molar-refractivity contribution in [1.82, 2.24) is 20.4 Å². The molecule has 60 heavy (non-hydrogen) atoms. The van der Waals surface area contributed by atoms with Crippen LogP contribution in [0.3, 0.4) is 0 Å². The first-order valence-corrected chi connectivity index (χ1v) is 19.5. The standard InChI is InChI=1S/C44H48F6N4O6/c1-39(2)25-53(37(57)43(45,46)47)23-29(39)21-51-41(5,33-19-11-15-27-13-7-9-17-31(27)33)59-35(55)36(56)60-42(6,34-20-12-16-28-14-8-10-18-32(28)34)52-22-30-24-54(26-40(30,3)4)38(58)44(48,49)50/h7-20,29-30,51-52H,21-26H2,1-6H3/t29?,30?,41-,42-/m1/s1. The minimum Gasteiger partial charge on any atom is -0.431 e. The Morgan fingerprint density at radius 2 is 0.917 bits per heavy atom. The van der Waals surface area contributed by atoms with E-state index in [-0.39, 0.29) is 39.3 Å². The van der Waals surface area contributed by atoms with Crippen LogP contribution in [0.1, 0.15) is 52.7 Å². The smallest absolute Gasteiger partial charge is 0.431 e. The lowest BCUT2D eigenvalue weighted by Gasteiger charge is -2.36. The molecule has 2 saturated heterocycles. The molecule has 10 nitrogen and oxygen atoms in total. The highest BCUT2D eigenvalue weighted by Crippen LogP contribution is 2.40. The van der Waals surface area contributed by atoms with E-state index in [1.165, 1.54) is 13.8 Å². The zero-order valence-electron chi connectivity index (χ0n) is 34.1. The predicted molar refractivity (Wildman–Crippen MR) is 211 cm³/mol. The molecule has 2 aliphatic heterocycles. The van der Waals surface area contributed by atoms with Crippen molar-refractivity contribution in [1.29, 1.82) is 0 Å². The number of rotatable bonds is 10. The minimum absolute atomic E-state index is 0.0308. The number of ether oxygens (including phenoxy) is 2. The summed E-state index contributed by atoms with van der Waals surface area (Å²) in [6.45, 7) is 9.13. The van der Waals surface area contributed by atoms with Gasteiger partial charge in [-0.25, -0.2) is 9.59 Å². The Kier molecular flexibility index (Phi) is 11.8. The van der Waals surface area contributed by atoms with E-state index in [4.69, 9.17) is 9.47 Å². The summed E-state index contributed by atoms with van der Waals surface area (Å²) >= 11 is 0. The number of hydrogen-bond acceptors (Lipinski definition) is 8. The molecule has 0 bridgehead atoms. The van der Waals surface area contributed by atoms with Crippen molar-refractivity contribution in [3.8, 4) is 0 Å². The van der Waals surface area contributed by atoms with E-state index >= 15 is 0 Å². The maximum atomic E-state index is 14.1. The number of hydrogen-bond donors (Lipinski definition) is 2. The van der Waals surface area contributed by atoms with Crippen LogP contribution < -0.4 is 10.6 Å². The maximum absolute atomic E-state index is 14.1. The van der Waals surface area contributed by atoms with Crippen LogP contribution in [0.5, 0.6) is 0 Å². The molecule has 0 aliphatic carbocycles. The number of alkyl halides is 6. The summed E-state index contributed by atoms with van der Waals surface area (Å²) in [6.07, 6.45) is -10.1. The summed E-state index contributed by atoms with van der Waals surface area (Å²) in [7, 11) is 0. The number of nitrogens with one attached hydrogen (secondary N) is 2. The lowest BCUT2D eigenvalue weighted by atomic mass is 9.81. The average Bonchev–Trinajstić information content (AvgIpc) is 3.66. The third-order valence-electron chi connectivity index (χ3n) is 12.1. The Labute approximate surface area is 343 Å². The van der Waals surface area contributed by atoms with E-state index in [1.807, 2.05) is 36.4 Å². The number of benzene rings is 4. The number of esters is 2. The Morgan fingerprint density at radius 3 is 1.27 bits per heavy atom. The maximum Gasteiger partial charge on any atom is 0.471 e. The summed E-state index contributed by atoms with van der Waals surface area (Å²) in [6, 6.07) is 24.9. The van der Waals surface area contributed by atoms with E-state index in [0.29, 0.717) is 21.9 Å². The van der Waals surface area contributed by atoms with Gasteiger partial charge in [0.25, 0.3) is 0 Å². The fraction of sp³-hybridized carbons (Fsp3) is 0.455. The molecule has 4 aromatic rings. The Morgan fingerprint density at radius 1 is 0.583 bits per heavy atom.